The van der Waals surface area contributed by atoms with Crippen LogP contribution in [0, 0.1) is 0 Å². The third-order valence-corrected chi connectivity index (χ3v) is 13.4. The van der Waals surface area contributed by atoms with E-state index in [-0.39, 0.29) is 0 Å². The smallest absolute Gasteiger partial charge is 0.397 e. The summed E-state index contributed by atoms with van der Waals surface area (Å²) in [6.45, 7) is -2.16. The van der Waals surface area contributed by atoms with Gasteiger partial charge in [-0.1, -0.05) is 0 Å². The average Bonchev–Trinajstić information content (AvgIpc) is 3.34. The van der Waals surface area contributed by atoms with E-state index in [1.54, 1.807) is 0 Å². The number of carbonyl (C=O) groups excluding carboxylic acids is 1. The van der Waals surface area contributed by atoms with Crippen molar-refractivity contribution in [2.75, 3.05) is 26.4 Å². The molecule has 0 aromatic carbocycles. The number of hydrogen-bond acceptors (Lipinski definition) is 32. The highest BCUT2D eigenvalue weighted by Crippen LogP contribution is 2.38. The van der Waals surface area contributed by atoms with Crippen LogP contribution in [-0.4, -0.2) is 322 Å². The standard InChI is InChI=1S/C38H63NO34S/c1-7-14(45)17(48)19(50)34(62-7)72-31-21(52)25(11(5-42)66-38(31)69-27-13(39-8(2)44)33(58)63-10(4-41)16(27)47)67-36-24(55)29(70-37-23(54)28(73-74(59,60)61)22(53)30(71-37)32(56)57)26(12(6-43)65-36)68-35-20(51)18(49)15(46)9(3-40)64-35/h7,9-31,33-38,40-43,45-55,58H,3-6H2,1-2H3,(H,39,44)(H,56,57)(H,59,60,61)/t7-,9+,10+,11+,12+,13+,14+,15-,16-,17+,18-,19-,20+,21-,22-,23+,24+,25-,26-,27+,28-,29+,30-,31+,33+,34-,35-,36-,37+,38-/m0/s1. The van der Waals surface area contributed by atoms with Crippen molar-refractivity contribution >= 4 is 22.3 Å². The van der Waals surface area contributed by atoms with Crippen molar-refractivity contribution in [1.29, 1.82) is 0 Å². The van der Waals surface area contributed by atoms with E-state index in [1.165, 1.54) is 6.92 Å². The van der Waals surface area contributed by atoms with Crippen molar-refractivity contribution in [3.05, 3.63) is 0 Å². The molecule has 6 saturated heterocycles. The van der Waals surface area contributed by atoms with Crippen LogP contribution in [0.5, 0.6) is 0 Å². The minimum absolute atomic E-state index is 0.814. The topological polar surface area (TPSA) is 555 Å². The second-order valence-corrected chi connectivity index (χ2v) is 19.1. The maximum absolute atomic E-state index is 12.2. The molecule has 6 aliphatic rings. The lowest BCUT2D eigenvalue weighted by Gasteiger charge is -2.51. The number of ether oxygens (including phenoxy) is 11. The first-order valence-corrected chi connectivity index (χ1v) is 24.0. The number of aliphatic carboxylic acids is 1. The molecule has 0 aliphatic carbocycles. The molecule has 0 radical (unpaired) electrons. The molecule has 74 heavy (non-hydrogen) atoms. The van der Waals surface area contributed by atoms with E-state index in [0.29, 0.717) is 0 Å². The summed E-state index contributed by atoms with van der Waals surface area (Å²) in [6, 6.07) is -1.69. The summed E-state index contributed by atoms with van der Waals surface area (Å²) in [6.07, 6.45) is -61.9. The van der Waals surface area contributed by atoms with E-state index >= 15 is 0 Å². The van der Waals surface area contributed by atoms with Gasteiger partial charge in [0, 0.05) is 6.92 Å². The minimum Gasteiger partial charge on any atom is -0.479 e. The lowest BCUT2D eigenvalue weighted by molar-refractivity contribution is -0.409. The molecule has 0 aromatic rings. The van der Waals surface area contributed by atoms with Crippen LogP contribution in [0.2, 0.25) is 0 Å². The largest absolute Gasteiger partial charge is 0.479 e. The molecule has 6 fully saturated rings. The lowest BCUT2D eigenvalue weighted by Crippen LogP contribution is -2.70. The van der Waals surface area contributed by atoms with Crippen LogP contribution in [0.15, 0.2) is 0 Å². The zero-order valence-electron chi connectivity index (χ0n) is 38.6. The highest BCUT2D eigenvalue weighted by Gasteiger charge is 2.60. The van der Waals surface area contributed by atoms with Gasteiger partial charge >= 0.3 is 16.4 Å². The fraction of sp³-hybridized carbons (Fsp3) is 0.947. The van der Waals surface area contributed by atoms with Crippen LogP contribution in [0.4, 0.5) is 0 Å². The molecule has 0 saturated carbocycles. The molecule has 430 valence electrons. The normalized spacial score (nSPS) is 49.5. The monoisotopic (exact) mass is 1110 g/mol. The predicted octanol–water partition coefficient (Wildman–Crippen LogP) is -13.0. The lowest BCUT2D eigenvalue weighted by atomic mass is 9.94. The number of carboxylic acid groups (broad SMARTS) is 1. The van der Waals surface area contributed by atoms with Gasteiger partial charge < -0.3 is 144 Å². The second-order valence-electron chi connectivity index (χ2n) is 18.0. The maximum atomic E-state index is 12.2. The van der Waals surface area contributed by atoms with Crippen LogP contribution in [-0.2, 0) is 76.3 Å². The zero-order chi connectivity index (χ0) is 55.0. The van der Waals surface area contributed by atoms with E-state index in [9.17, 15) is 109 Å². The molecule has 36 heteroatoms. The molecule has 0 bridgehead atoms. The predicted molar refractivity (Wildman–Crippen MR) is 220 cm³/mol. The van der Waals surface area contributed by atoms with Crippen molar-refractivity contribution < 1.29 is 166 Å². The molecule has 0 aromatic heterocycles. The minimum atomic E-state index is -5.62. The van der Waals surface area contributed by atoms with Gasteiger partial charge in [-0.15, -0.1) is 0 Å². The highest BCUT2D eigenvalue weighted by molar-refractivity contribution is 7.80. The summed E-state index contributed by atoms with van der Waals surface area (Å²) in [7, 11) is -5.62. The molecule has 1 amide bonds. The summed E-state index contributed by atoms with van der Waals surface area (Å²) in [5.74, 6) is -2.86. The van der Waals surface area contributed by atoms with Crippen molar-refractivity contribution in [3.63, 3.8) is 0 Å². The number of nitrogens with one attached hydrogen (secondary N) is 1. The molecule has 35 nitrogen and oxygen atoms in total. The Labute approximate surface area is 417 Å². The quantitative estimate of drug-likeness (QED) is 0.0567. The van der Waals surface area contributed by atoms with Crippen LogP contribution in [0.3, 0.4) is 0 Å². The second kappa shape index (κ2) is 25.2. The number of aliphatic hydroxyl groups is 16. The Bertz CT molecular complexity index is 1940. The van der Waals surface area contributed by atoms with Crippen molar-refractivity contribution in [2.45, 2.75) is 198 Å². The Morgan fingerprint density at radius 1 is 0.459 bits per heavy atom. The first-order chi connectivity index (χ1) is 34.7. The molecule has 30 atom stereocenters. The Balaban J connectivity index is 1.38. The Morgan fingerprint density at radius 2 is 0.905 bits per heavy atom. The summed E-state index contributed by atoms with van der Waals surface area (Å²) < 4.78 is 99.7. The van der Waals surface area contributed by atoms with E-state index in [1.807, 2.05) is 0 Å². The van der Waals surface area contributed by atoms with Crippen molar-refractivity contribution in [1.82, 2.24) is 5.32 Å². The van der Waals surface area contributed by atoms with Gasteiger partial charge in [-0.2, -0.15) is 8.42 Å². The van der Waals surface area contributed by atoms with Crippen LogP contribution in [0.25, 0.3) is 0 Å². The van der Waals surface area contributed by atoms with Gasteiger partial charge in [-0.25, -0.2) is 8.98 Å². The van der Waals surface area contributed by atoms with Gasteiger partial charge in [0.2, 0.25) is 5.91 Å². The Kier molecular flexibility index (Phi) is 20.8. The maximum Gasteiger partial charge on any atom is 0.397 e. The molecule has 0 spiro atoms. The number of hydrogen-bond donors (Lipinski definition) is 19. The first kappa shape index (κ1) is 61.0. The fourth-order valence-corrected chi connectivity index (χ4v) is 9.57. The van der Waals surface area contributed by atoms with Gasteiger partial charge in [0.1, 0.15) is 134 Å². The van der Waals surface area contributed by atoms with Crippen LogP contribution >= 0.6 is 0 Å². The van der Waals surface area contributed by atoms with E-state index in [2.05, 4.69) is 9.50 Å². The average molecular weight is 1110 g/mol. The summed E-state index contributed by atoms with van der Waals surface area (Å²) >= 11 is 0. The SMILES string of the molecule is CC(=O)N[C@@H]1[C@@H](O[C@@H]2O[C@H](CO)[C@H](O[C@@H]3O[C@H](CO)[C@H](O[C@@H]4O[C@H](CO)[C@H](O)[C@H](O)[C@H]4O)[C@H](O[C@@H]4O[C@H](C(=O)O)[C@@H](O)[C@H](OS(=O)(=O)O)[C@H]4O)[C@H]3O)[C@H](O)[C@H]2O[C@@H]2O[C@@H](C)[C@@H](O)[C@@H](O)[C@@H]2O)[C@@H](O)[C@@H](CO)O[C@H]1O. The van der Waals surface area contributed by atoms with Gasteiger partial charge in [-0.05, 0) is 6.92 Å². The molecular weight excluding hydrogens is 1050 g/mol. The molecule has 6 heterocycles. The molecule has 19 N–H and O–H groups in total. The van der Waals surface area contributed by atoms with Crippen molar-refractivity contribution in [3.8, 4) is 0 Å². The van der Waals surface area contributed by atoms with Crippen LogP contribution in [0.1, 0.15) is 13.8 Å². The Morgan fingerprint density at radius 3 is 1.47 bits per heavy atom. The van der Waals surface area contributed by atoms with Gasteiger partial charge in [-0.3, -0.25) is 9.35 Å². The molecule has 0 unspecified atom stereocenters. The highest BCUT2D eigenvalue weighted by atomic mass is 32.3. The summed E-state index contributed by atoms with van der Waals surface area (Å²) in [4.78, 5) is 24.4. The number of amides is 1. The summed E-state index contributed by atoms with van der Waals surface area (Å²) in [5.41, 5.74) is 0. The number of carbonyl (C=O) groups is 2. The molecule has 6 aliphatic heterocycles. The number of rotatable bonds is 18. The van der Waals surface area contributed by atoms with E-state index in [4.69, 9.17) is 52.1 Å². The first-order valence-electron chi connectivity index (χ1n) is 22.6. The zero-order valence-corrected chi connectivity index (χ0v) is 39.5. The van der Waals surface area contributed by atoms with Crippen molar-refractivity contribution in [2.24, 2.45) is 0 Å². The van der Waals surface area contributed by atoms with Gasteiger partial charge in [0.25, 0.3) is 0 Å². The molecular formula is C38H63NO34S. The van der Waals surface area contributed by atoms with Gasteiger partial charge in [0.05, 0.1) is 32.5 Å². The summed E-state index contributed by atoms with van der Waals surface area (Å²) in [5, 5.41) is 185. The van der Waals surface area contributed by atoms with E-state index in [0.717, 1.165) is 6.92 Å². The third kappa shape index (κ3) is 13.1. The third-order valence-electron chi connectivity index (χ3n) is 13.0. The fourth-order valence-electron chi connectivity index (χ4n) is 9.06. The molecule has 6 rings (SSSR count). The van der Waals surface area contributed by atoms with Crippen LogP contribution < -0.4 is 5.32 Å². The van der Waals surface area contributed by atoms with E-state index < -0.39 is 233 Å². The Hall–Kier alpha value is -2.27. The number of aliphatic hydroxyl groups excluding tert-OH is 16. The number of carboxylic acids is 1. The van der Waals surface area contributed by atoms with Gasteiger partial charge in [0.15, 0.2) is 43.8 Å².